The number of fused-ring (bicyclic) bond motifs is 3. The standard InChI is InChI=1S/C31H29BrN2O4S/c1-36-27-18-20(19-28-30(35)34-26-10-6-5-9-25(26)33-31(34)39-28)17-24(32)29(27)38-16-15-37-23-13-11-22(12-14-23)21-7-3-2-4-8-21/h5-6,9-14,17-19,21H,2-4,7-8,15-16H2,1H3/b28-19-. The number of thiazole rings is 1. The van der Waals surface area contributed by atoms with E-state index in [2.05, 4.69) is 45.2 Å². The van der Waals surface area contributed by atoms with Gasteiger partial charge in [-0.3, -0.25) is 4.79 Å². The molecule has 0 aliphatic heterocycles. The van der Waals surface area contributed by atoms with Crippen molar-refractivity contribution >= 4 is 49.3 Å². The third-order valence-corrected chi connectivity index (χ3v) is 8.81. The van der Waals surface area contributed by atoms with Crippen LogP contribution in [0.3, 0.4) is 0 Å². The molecule has 3 aromatic carbocycles. The molecule has 39 heavy (non-hydrogen) atoms. The fourth-order valence-electron chi connectivity index (χ4n) is 5.30. The number of aromatic nitrogens is 2. The van der Waals surface area contributed by atoms with E-state index in [1.54, 1.807) is 11.5 Å². The summed E-state index contributed by atoms with van der Waals surface area (Å²) < 4.78 is 20.6. The summed E-state index contributed by atoms with van der Waals surface area (Å²) in [6.45, 7) is 0.775. The maximum atomic E-state index is 13.1. The normalized spacial score (nSPS) is 14.8. The van der Waals surface area contributed by atoms with Crippen molar-refractivity contribution in [3.63, 3.8) is 0 Å². The summed E-state index contributed by atoms with van der Waals surface area (Å²) in [6, 6.07) is 20.0. The van der Waals surface area contributed by atoms with Gasteiger partial charge in [-0.15, -0.1) is 0 Å². The van der Waals surface area contributed by atoms with Crippen LogP contribution in [-0.4, -0.2) is 29.7 Å². The van der Waals surface area contributed by atoms with Crippen LogP contribution < -0.4 is 24.3 Å². The molecule has 0 unspecified atom stereocenters. The van der Waals surface area contributed by atoms with Crippen molar-refractivity contribution < 1.29 is 14.2 Å². The summed E-state index contributed by atoms with van der Waals surface area (Å²) in [5, 5.41) is 0. The SMILES string of the molecule is COc1cc(/C=c2\sc3nc4ccccc4n3c2=O)cc(Br)c1OCCOc1ccc(C2CCCCC2)cc1. The molecule has 0 saturated heterocycles. The second kappa shape index (κ2) is 11.4. The quantitative estimate of drug-likeness (QED) is 0.184. The number of benzene rings is 3. The van der Waals surface area contributed by atoms with E-state index < -0.39 is 0 Å². The first-order valence-corrected chi connectivity index (χ1v) is 14.9. The average molecular weight is 606 g/mol. The summed E-state index contributed by atoms with van der Waals surface area (Å²) in [6.07, 6.45) is 8.46. The van der Waals surface area contributed by atoms with Gasteiger partial charge in [-0.05, 0) is 88.3 Å². The molecule has 0 atom stereocenters. The number of hydrogen-bond acceptors (Lipinski definition) is 6. The predicted octanol–water partition coefficient (Wildman–Crippen LogP) is 6.73. The zero-order valence-electron chi connectivity index (χ0n) is 21.7. The summed E-state index contributed by atoms with van der Waals surface area (Å²) in [4.78, 5) is 18.4. The van der Waals surface area contributed by atoms with Gasteiger partial charge < -0.3 is 14.2 Å². The minimum Gasteiger partial charge on any atom is -0.493 e. The maximum Gasteiger partial charge on any atom is 0.274 e. The van der Waals surface area contributed by atoms with Gasteiger partial charge in [-0.1, -0.05) is 54.9 Å². The molecule has 0 N–H and O–H groups in total. The molecule has 5 aromatic rings. The topological polar surface area (TPSA) is 62.1 Å². The van der Waals surface area contributed by atoms with Gasteiger partial charge in [0, 0.05) is 0 Å². The number of nitrogens with zero attached hydrogens (tertiary/aromatic N) is 2. The first-order valence-electron chi connectivity index (χ1n) is 13.3. The predicted molar refractivity (Wildman–Crippen MR) is 160 cm³/mol. The Kier molecular flexibility index (Phi) is 7.57. The van der Waals surface area contributed by atoms with Gasteiger partial charge in [0.25, 0.3) is 5.56 Å². The van der Waals surface area contributed by atoms with Gasteiger partial charge in [-0.25, -0.2) is 9.38 Å². The lowest BCUT2D eigenvalue weighted by Crippen LogP contribution is -2.22. The molecule has 1 saturated carbocycles. The van der Waals surface area contributed by atoms with E-state index in [1.807, 2.05) is 42.5 Å². The van der Waals surface area contributed by atoms with Crippen LogP contribution in [0.2, 0.25) is 0 Å². The monoisotopic (exact) mass is 604 g/mol. The van der Waals surface area contributed by atoms with Crippen LogP contribution in [0.1, 0.15) is 49.1 Å². The molecule has 6 nitrogen and oxygen atoms in total. The minimum absolute atomic E-state index is 0.0805. The molecule has 6 rings (SSSR count). The fraction of sp³-hybridized carbons (Fsp3) is 0.290. The largest absolute Gasteiger partial charge is 0.493 e. The number of rotatable bonds is 8. The van der Waals surface area contributed by atoms with Crippen LogP contribution in [0, 0.1) is 0 Å². The summed E-state index contributed by atoms with van der Waals surface area (Å²) in [5.74, 6) is 2.71. The third-order valence-electron chi connectivity index (χ3n) is 7.25. The van der Waals surface area contributed by atoms with Crippen LogP contribution in [0.15, 0.2) is 69.9 Å². The number of imidazole rings is 1. The Balaban J connectivity index is 1.13. The average Bonchev–Trinajstić information content (AvgIpc) is 3.48. The van der Waals surface area contributed by atoms with E-state index in [0.717, 1.165) is 26.8 Å². The third kappa shape index (κ3) is 5.40. The molecular formula is C31H29BrN2O4S. The highest BCUT2D eigenvalue weighted by atomic mass is 79.9. The highest BCUT2D eigenvalue weighted by Gasteiger charge is 2.16. The Morgan fingerprint density at radius 1 is 1.03 bits per heavy atom. The molecule has 1 aliphatic rings. The Hall–Kier alpha value is -3.36. The number of halogens is 1. The Morgan fingerprint density at radius 2 is 1.79 bits per heavy atom. The van der Waals surface area contributed by atoms with Crippen LogP contribution in [-0.2, 0) is 0 Å². The molecule has 1 aliphatic carbocycles. The number of methoxy groups -OCH3 is 1. The van der Waals surface area contributed by atoms with E-state index in [4.69, 9.17) is 14.2 Å². The maximum absolute atomic E-state index is 13.1. The molecule has 2 aromatic heterocycles. The highest BCUT2D eigenvalue weighted by molar-refractivity contribution is 9.10. The van der Waals surface area contributed by atoms with Crippen molar-refractivity contribution in [3.8, 4) is 17.2 Å². The molecule has 0 spiro atoms. The Labute approximate surface area is 239 Å². The summed E-state index contributed by atoms with van der Waals surface area (Å²) >= 11 is 4.99. The molecule has 0 radical (unpaired) electrons. The summed E-state index contributed by atoms with van der Waals surface area (Å²) in [5.41, 5.74) is 3.80. The molecule has 2 heterocycles. The van der Waals surface area contributed by atoms with Crippen LogP contribution in [0.25, 0.3) is 22.1 Å². The molecule has 200 valence electrons. The molecule has 1 fully saturated rings. The van der Waals surface area contributed by atoms with Crippen molar-refractivity contribution in [3.05, 3.63) is 91.1 Å². The molecule has 8 heteroatoms. The lowest BCUT2D eigenvalue weighted by Gasteiger charge is -2.22. The molecular weight excluding hydrogens is 576 g/mol. The number of para-hydroxylation sites is 2. The first kappa shape index (κ1) is 25.9. The second-order valence-corrected chi connectivity index (χ2v) is 11.6. The van der Waals surface area contributed by atoms with Gasteiger partial charge >= 0.3 is 0 Å². The van der Waals surface area contributed by atoms with Crippen LogP contribution in [0.5, 0.6) is 17.2 Å². The first-order chi connectivity index (χ1) is 19.1. The number of ether oxygens (including phenoxy) is 3. The van der Waals surface area contributed by atoms with Crippen molar-refractivity contribution in [1.29, 1.82) is 0 Å². The second-order valence-electron chi connectivity index (χ2n) is 9.77. The summed E-state index contributed by atoms with van der Waals surface area (Å²) in [7, 11) is 1.60. The van der Waals surface area contributed by atoms with Crippen LogP contribution >= 0.6 is 27.3 Å². The lowest BCUT2D eigenvalue weighted by atomic mass is 9.84. The molecule has 0 amide bonds. The van der Waals surface area contributed by atoms with Gasteiger partial charge in [0.1, 0.15) is 19.0 Å². The van der Waals surface area contributed by atoms with Crippen molar-refractivity contribution in [2.45, 2.75) is 38.0 Å². The fourth-order valence-corrected chi connectivity index (χ4v) is 6.86. The Morgan fingerprint density at radius 3 is 2.59 bits per heavy atom. The highest BCUT2D eigenvalue weighted by Crippen LogP contribution is 2.37. The van der Waals surface area contributed by atoms with E-state index in [-0.39, 0.29) is 5.56 Å². The van der Waals surface area contributed by atoms with E-state index in [1.165, 1.54) is 49.0 Å². The minimum atomic E-state index is -0.0805. The zero-order chi connectivity index (χ0) is 26.8. The van der Waals surface area contributed by atoms with E-state index in [9.17, 15) is 4.79 Å². The van der Waals surface area contributed by atoms with Gasteiger partial charge in [0.15, 0.2) is 16.5 Å². The molecule has 0 bridgehead atoms. The van der Waals surface area contributed by atoms with Crippen LogP contribution in [0.4, 0.5) is 0 Å². The van der Waals surface area contributed by atoms with Crippen molar-refractivity contribution in [1.82, 2.24) is 9.38 Å². The number of hydrogen-bond donors (Lipinski definition) is 0. The van der Waals surface area contributed by atoms with Gasteiger partial charge in [0.05, 0.1) is 27.1 Å². The van der Waals surface area contributed by atoms with Gasteiger partial charge in [-0.2, -0.15) is 0 Å². The van der Waals surface area contributed by atoms with Crippen molar-refractivity contribution in [2.24, 2.45) is 0 Å². The van der Waals surface area contributed by atoms with Crippen molar-refractivity contribution in [2.75, 3.05) is 20.3 Å². The van der Waals surface area contributed by atoms with Gasteiger partial charge in [0.2, 0.25) is 0 Å². The smallest absolute Gasteiger partial charge is 0.274 e. The Bertz CT molecular complexity index is 1720. The van der Waals surface area contributed by atoms with E-state index in [0.29, 0.717) is 40.1 Å². The van der Waals surface area contributed by atoms with E-state index >= 15 is 0 Å². The lowest BCUT2D eigenvalue weighted by molar-refractivity contribution is 0.210. The zero-order valence-corrected chi connectivity index (χ0v) is 24.1.